The van der Waals surface area contributed by atoms with Gasteiger partial charge in [-0.25, -0.2) is 4.98 Å². The molecule has 2 rings (SSSR count). The largest absolute Gasteiger partial charge is 0.389 e. The molecule has 0 saturated carbocycles. The summed E-state index contributed by atoms with van der Waals surface area (Å²) in [5, 5.41) is 12.5. The van der Waals surface area contributed by atoms with Crippen LogP contribution in [0.1, 0.15) is 30.0 Å². The number of benzene rings is 1. The maximum absolute atomic E-state index is 12.2. The van der Waals surface area contributed by atoms with E-state index in [1.54, 1.807) is 12.1 Å². The molecule has 0 fully saturated rings. The van der Waals surface area contributed by atoms with Crippen molar-refractivity contribution in [1.29, 1.82) is 0 Å². The van der Waals surface area contributed by atoms with E-state index in [0.29, 0.717) is 18.1 Å². The van der Waals surface area contributed by atoms with E-state index < -0.39 is 6.10 Å². The molecular formula is C17H25N3O3. The average Bonchev–Trinajstić information content (AvgIpc) is 2.78. The maximum atomic E-state index is 12.2. The third-order valence-corrected chi connectivity index (χ3v) is 3.63. The predicted octanol–water partition coefficient (Wildman–Crippen LogP) is 1.65. The van der Waals surface area contributed by atoms with Gasteiger partial charge in [-0.1, -0.05) is 13.8 Å². The van der Waals surface area contributed by atoms with E-state index in [9.17, 15) is 9.90 Å². The number of nitrogens with zero attached hydrogens (tertiary/aromatic N) is 2. The lowest BCUT2D eigenvalue weighted by molar-refractivity contribution is 0.0259. The first kappa shape index (κ1) is 17.4. The molecule has 6 nitrogen and oxygen atoms in total. The van der Waals surface area contributed by atoms with Crippen LogP contribution in [0, 0.1) is 12.8 Å². The molecule has 0 aliphatic carbocycles. The van der Waals surface area contributed by atoms with E-state index in [1.807, 2.05) is 38.5 Å². The molecule has 6 heteroatoms. The van der Waals surface area contributed by atoms with Crippen molar-refractivity contribution in [3.05, 3.63) is 29.6 Å². The van der Waals surface area contributed by atoms with Gasteiger partial charge in [0.05, 0.1) is 23.7 Å². The van der Waals surface area contributed by atoms with E-state index >= 15 is 0 Å². The third-order valence-electron chi connectivity index (χ3n) is 3.63. The van der Waals surface area contributed by atoms with Crippen LogP contribution in [0.4, 0.5) is 0 Å². The Hall–Kier alpha value is -1.92. The van der Waals surface area contributed by atoms with E-state index in [2.05, 4.69) is 10.3 Å². The summed E-state index contributed by atoms with van der Waals surface area (Å²) in [7, 11) is 1.94. The minimum atomic E-state index is -0.710. The topological polar surface area (TPSA) is 76.4 Å². The number of carbonyl (C=O) groups excluding carboxylic acids is 1. The summed E-state index contributed by atoms with van der Waals surface area (Å²) in [5.41, 5.74) is 2.31. The van der Waals surface area contributed by atoms with Crippen LogP contribution >= 0.6 is 0 Å². The fourth-order valence-electron chi connectivity index (χ4n) is 2.27. The van der Waals surface area contributed by atoms with Crippen molar-refractivity contribution in [3.63, 3.8) is 0 Å². The number of nitrogens with one attached hydrogen (secondary N) is 1. The summed E-state index contributed by atoms with van der Waals surface area (Å²) >= 11 is 0. The Bertz CT molecular complexity index is 679. The lowest BCUT2D eigenvalue weighted by Gasteiger charge is -2.13. The molecule has 0 saturated heterocycles. The molecule has 0 radical (unpaired) electrons. The van der Waals surface area contributed by atoms with Gasteiger partial charge >= 0.3 is 0 Å². The summed E-state index contributed by atoms with van der Waals surface area (Å²) in [6.07, 6.45) is -0.710. The predicted molar refractivity (Wildman–Crippen MR) is 89.4 cm³/mol. The molecular weight excluding hydrogens is 294 g/mol. The Morgan fingerprint density at radius 3 is 2.83 bits per heavy atom. The summed E-state index contributed by atoms with van der Waals surface area (Å²) in [4.78, 5) is 16.6. The highest BCUT2D eigenvalue weighted by atomic mass is 16.5. The molecule has 2 aromatic rings. The molecule has 1 atom stereocenters. The van der Waals surface area contributed by atoms with Crippen molar-refractivity contribution < 1.29 is 14.6 Å². The zero-order valence-electron chi connectivity index (χ0n) is 14.2. The van der Waals surface area contributed by atoms with Gasteiger partial charge in [-0.3, -0.25) is 4.79 Å². The van der Waals surface area contributed by atoms with Gasteiger partial charge < -0.3 is 19.7 Å². The molecule has 1 aromatic heterocycles. The Labute approximate surface area is 136 Å². The Balaban J connectivity index is 1.90. The standard InChI is InChI=1S/C17H25N3O3/c1-11(2)9-23-10-14(21)8-18-17(22)13-5-6-16-15(7-13)19-12(3)20(16)4/h5-7,11,14,21H,8-10H2,1-4H3,(H,18,22). The molecule has 1 heterocycles. The zero-order chi connectivity index (χ0) is 17.0. The number of amides is 1. The van der Waals surface area contributed by atoms with Crippen LogP contribution in [0.25, 0.3) is 11.0 Å². The van der Waals surface area contributed by atoms with Crippen LogP contribution in [0.15, 0.2) is 18.2 Å². The van der Waals surface area contributed by atoms with Gasteiger partial charge in [0.25, 0.3) is 5.91 Å². The second-order valence-electron chi connectivity index (χ2n) is 6.22. The number of rotatable bonds is 7. The number of ether oxygens (including phenoxy) is 1. The normalized spacial score (nSPS) is 12.8. The summed E-state index contributed by atoms with van der Waals surface area (Å²) in [6.45, 7) is 6.99. The molecule has 2 N–H and O–H groups in total. The Morgan fingerprint density at radius 1 is 1.39 bits per heavy atom. The second kappa shape index (κ2) is 7.57. The van der Waals surface area contributed by atoms with Crippen LogP contribution in [0.5, 0.6) is 0 Å². The number of fused-ring (bicyclic) bond motifs is 1. The van der Waals surface area contributed by atoms with Crippen molar-refractivity contribution in [3.8, 4) is 0 Å². The summed E-state index contributed by atoms with van der Waals surface area (Å²) in [6, 6.07) is 5.41. The van der Waals surface area contributed by atoms with E-state index in [-0.39, 0.29) is 19.1 Å². The summed E-state index contributed by atoms with van der Waals surface area (Å²) < 4.78 is 7.33. The van der Waals surface area contributed by atoms with Crippen molar-refractivity contribution in [2.75, 3.05) is 19.8 Å². The number of aliphatic hydroxyl groups excluding tert-OH is 1. The minimum Gasteiger partial charge on any atom is -0.389 e. The van der Waals surface area contributed by atoms with Crippen molar-refractivity contribution >= 4 is 16.9 Å². The van der Waals surface area contributed by atoms with Gasteiger partial charge in [0.15, 0.2) is 0 Å². The SMILES string of the molecule is Cc1nc2cc(C(=O)NCC(O)COCC(C)C)ccc2n1C. The van der Waals surface area contributed by atoms with Crippen LogP contribution in [-0.4, -0.2) is 46.4 Å². The summed E-state index contributed by atoms with van der Waals surface area (Å²) in [5.74, 6) is 1.10. The highest BCUT2D eigenvalue weighted by Gasteiger charge is 2.12. The van der Waals surface area contributed by atoms with Gasteiger partial charge in [-0.05, 0) is 31.0 Å². The van der Waals surface area contributed by atoms with E-state index in [4.69, 9.17) is 4.74 Å². The molecule has 23 heavy (non-hydrogen) atoms. The first-order chi connectivity index (χ1) is 10.9. The lowest BCUT2D eigenvalue weighted by atomic mass is 10.2. The van der Waals surface area contributed by atoms with Gasteiger partial charge in [-0.15, -0.1) is 0 Å². The van der Waals surface area contributed by atoms with Gasteiger partial charge in [0.1, 0.15) is 5.82 Å². The lowest BCUT2D eigenvalue weighted by Crippen LogP contribution is -2.34. The first-order valence-corrected chi connectivity index (χ1v) is 7.85. The molecule has 0 aliphatic rings. The number of aryl methyl sites for hydroxylation is 2. The monoisotopic (exact) mass is 319 g/mol. The molecule has 1 amide bonds. The second-order valence-corrected chi connectivity index (χ2v) is 6.22. The van der Waals surface area contributed by atoms with Crippen molar-refractivity contribution in [2.24, 2.45) is 13.0 Å². The van der Waals surface area contributed by atoms with Crippen molar-refractivity contribution in [1.82, 2.24) is 14.9 Å². The van der Waals surface area contributed by atoms with E-state index in [0.717, 1.165) is 16.9 Å². The fourth-order valence-corrected chi connectivity index (χ4v) is 2.27. The van der Waals surface area contributed by atoms with Gasteiger partial charge in [0.2, 0.25) is 0 Å². The minimum absolute atomic E-state index is 0.163. The van der Waals surface area contributed by atoms with Gasteiger partial charge in [0, 0.05) is 25.8 Å². The smallest absolute Gasteiger partial charge is 0.251 e. The highest BCUT2D eigenvalue weighted by Crippen LogP contribution is 2.16. The number of aromatic nitrogens is 2. The van der Waals surface area contributed by atoms with Crippen LogP contribution < -0.4 is 5.32 Å². The molecule has 0 bridgehead atoms. The number of aliphatic hydroxyl groups is 1. The van der Waals surface area contributed by atoms with E-state index in [1.165, 1.54) is 0 Å². The molecule has 1 aromatic carbocycles. The quantitative estimate of drug-likeness (QED) is 0.813. The molecule has 0 spiro atoms. The fraction of sp³-hybridized carbons (Fsp3) is 0.529. The maximum Gasteiger partial charge on any atom is 0.251 e. The number of carbonyl (C=O) groups is 1. The number of hydrogen-bond donors (Lipinski definition) is 2. The first-order valence-electron chi connectivity index (χ1n) is 7.85. The zero-order valence-corrected chi connectivity index (χ0v) is 14.2. The average molecular weight is 319 g/mol. The Morgan fingerprint density at radius 2 is 2.13 bits per heavy atom. The van der Waals surface area contributed by atoms with Crippen LogP contribution in [0.2, 0.25) is 0 Å². The number of imidazole rings is 1. The van der Waals surface area contributed by atoms with Gasteiger partial charge in [-0.2, -0.15) is 0 Å². The molecule has 1 unspecified atom stereocenters. The third kappa shape index (κ3) is 4.53. The number of hydrogen-bond acceptors (Lipinski definition) is 4. The molecule has 126 valence electrons. The van der Waals surface area contributed by atoms with Crippen LogP contribution in [0.3, 0.4) is 0 Å². The highest BCUT2D eigenvalue weighted by molar-refractivity contribution is 5.97. The molecule has 0 aliphatic heterocycles. The van der Waals surface area contributed by atoms with Crippen molar-refractivity contribution in [2.45, 2.75) is 26.9 Å². The Kier molecular flexibility index (Phi) is 5.74. The van der Waals surface area contributed by atoms with Crippen LogP contribution in [-0.2, 0) is 11.8 Å².